The highest BCUT2D eigenvalue weighted by Gasteiger charge is 2.17. The Hall–Kier alpha value is -1.80. The number of rotatable bonds is 6. The normalized spacial score (nSPS) is 12.2. The molecule has 0 aliphatic carbocycles. The van der Waals surface area contributed by atoms with Gasteiger partial charge in [0.2, 0.25) is 0 Å². The summed E-state index contributed by atoms with van der Waals surface area (Å²) in [7, 11) is 2.04. The SMILES string of the molecule is CCC(NC)c1ccccc1N(CC)c1ccccc1C. The van der Waals surface area contributed by atoms with Crippen molar-refractivity contribution in [1.82, 2.24) is 5.32 Å². The smallest absolute Gasteiger partial charge is 0.0459 e. The van der Waals surface area contributed by atoms with Gasteiger partial charge >= 0.3 is 0 Å². The van der Waals surface area contributed by atoms with E-state index in [-0.39, 0.29) is 0 Å². The van der Waals surface area contributed by atoms with E-state index >= 15 is 0 Å². The van der Waals surface area contributed by atoms with E-state index in [1.54, 1.807) is 0 Å². The maximum atomic E-state index is 3.43. The topological polar surface area (TPSA) is 15.3 Å². The standard InChI is InChI=1S/C19H26N2/c1-5-17(20-4)16-12-8-10-14-19(16)21(6-2)18-13-9-7-11-15(18)3/h7-14,17,20H,5-6H2,1-4H3. The highest BCUT2D eigenvalue weighted by atomic mass is 15.1. The fraction of sp³-hybridized carbons (Fsp3) is 0.368. The molecule has 2 heteroatoms. The molecule has 21 heavy (non-hydrogen) atoms. The molecule has 0 aliphatic rings. The molecule has 2 aromatic rings. The summed E-state index contributed by atoms with van der Waals surface area (Å²) in [5.74, 6) is 0. The highest BCUT2D eigenvalue weighted by Crippen LogP contribution is 2.34. The van der Waals surface area contributed by atoms with Gasteiger partial charge in [-0.2, -0.15) is 0 Å². The Bertz CT molecular complexity index is 573. The lowest BCUT2D eigenvalue weighted by molar-refractivity contribution is 0.576. The van der Waals surface area contributed by atoms with Crippen LogP contribution in [0.4, 0.5) is 11.4 Å². The second kappa shape index (κ2) is 7.28. The minimum absolute atomic E-state index is 0.388. The van der Waals surface area contributed by atoms with Crippen molar-refractivity contribution in [3.8, 4) is 0 Å². The molecule has 1 atom stereocenters. The van der Waals surface area contributed by atoms with Crippen LogP contribution in [0.5, 0.6) is 0 Å². The largest absolute Gasteiger partial charge is 0.341 e. The predicted octanol–water partition coefficient (Wildman–Crippen LogP) is 4.82. The van der Waals surface area contributed by atoms with Crippen LogP contribution in [0.15, 0.2) is 48.5 Å². The third kappa shape index (κ3) is 3.27. The van der Waals surface area contributed by atoms with E-state index in [1.165, 1.54) is 22.5 Å². The van der Waals surface area contributed by atoms with Crippen molar-refractivity contribution in [2.24, 2.45) is 0 Å². The second-order valence-electron chi connectivity index (χ2n) is 5.34. The minimum atomic E-state index is 0.388. The van der Waals surface area contributed by atoms with Gasteiger partial charge in [0.25, 0.3) is 0 Å². The van der Waals surface area contributed by atoms with Crippen molar-refractivity contribution in [2.75, 3.05) is 18.5 Å². The molecule has 0 radical (unpaired) electrons. The number of aryl methyl sites for hydroxylation is 1. The van der Waals surface area contributed by atoms with Crippen LogP contribution in [0.1, 0.15) is 37.4 Å². The number of hydrogen-bond acceptors (Lipinski definition) is 2. The monoisotopic (exact) mass is 282 g/mol. The number of nitrogens with one attached hydrogen (secondary N) is 1. The Balaban J connectivity index is 2.51. The van der Waals surface area contributed by atoms with E-state index in [0.717, 1.165) is 13.0 Å². The third-order valence-electron chi connectivity index (χ3n) is 4.08. The molecule has 2 rings (SSSR count). The van der Waals surface area contributed by atoms with E-state index in [2.05, 4.69) is 79.5 Å². The van der Waals surface area contributed by atoms with Gasteiger partial charge in [-0.1, -0.05) is 43.3 Å². The zero-order chi connectivity index (χ0) is 15.2. The molecule has 0 spiro atoms. The molecule has 2 aromatic carbocycles. The molecule has 1 N–H and O–H groups in total. The van der Waals surface area contributed by atoms with Gasteiger partial charge in [-0.15, -0.1) is 0 Å². The van der Waals surface area contributed by atoms with Gasteiger partial charge in [0.1, 0.15) is 0 Å². The molecule has 112 valence electrons. The first-order chi connectivity index (χ1) is 10.2. The lowest BCUT2D eigenvalue weighted by Crippen LogP contribution is -2.23. The molecular weight excluding hydrogens is 256 g/mol. The molecule has 0 fully saturated rings. The van der Waals surface area contributed by atoms with Crippen LogP contribution in [0.3, 0.4) is 0 Å². The molecule has 0 saturated heterocycles. The zero-order valence-corrected chi connectivity index (χ0v) is 13.6. The first kappa shape index (κ1) is 15.6. The van der Waals surface area contributed by atoms with Gasteiger partial charge in [0.05, 0.1) is 0 Å². The molecule has 2 nitrogen and oxygen atoms in total. The van der Waals surface area contributed by atoms with Crippen molar-refractivity contribution in [2.45, 2.75) is 33.2 Å². The summed E-state index contributed by atoms with van der Waals surface area (Å²) < 4.78 is 0. The first-order valence-electron chi connectivity index (χ1n) is 7.82. The fourth-order valence-electron chi connectivity index (χ4n) is 2.94. The number of anilines is 2. The predicted molar refractivity (Wildman–Crippen MR) is 92.4 cm³/mol. The van der Waals surface area contributed by atoms with Crippen molar-refractivity contribution in [3.05, 3.63) is 59.7 Å². The van der Waals surface area contributed by atoms with E-state index < -0.39 is 0 Å². The molecule has 0 aliphatic heterocycles. The summed E-state index contributed by atoms with van der Waals surface area (Å²) in [6.45, 7) is 7.57. The lowest BCUT2D eigenvalue weighted by atomic mass is 10.0. The summed E-state index contributed by atoms with van der Waals surface area (Å²) in [6, 6.07) is 17.7. The van der Waals surface area contributed by atoms with Crippen molar-refractivity contribution >= 4 is 11.4 Å². The van der Waals surface area contributed by atoms with E-state index in [9.17, 15) is 0 Å². The van der Waals surface area contributed by atoms with Crippen LogP contribution >= 0.6 is 0 Å². The van der Waals surface area contributed by atoms with Crippen molar-refractivity contribution < 1.29 is 0 Å². The Morgan fingerprint density at radius 1 is 0.952 bits per heavy atom. The maximum absolute atomic E-state index is 3.43. The van der Waals surface area contributed by atoms with Crippen LogP contribution in [-0.2, 0) is 0 Å². The maximum Gasteiger partial charge on any atom is 0.0459 e. The van der Waals surface area contributed by atoms with Gasteiger partial charge in [0.15, 0.2) is 0 Å². The third-order valence-corrected chi connectivity index (χ3v) is 4.08. The number of para-hydroxylation sites is 2. The van der Waals surface area contributed by atoms with Crippen molar-refractivity contribution in [1.29, 1.82) is 0 Å². The molecular formula is C19H26N2. The van der Waals surface area contributed by atoms with Gasteiger partial charge < -0.3 is 10.2 Å². The average Bonchev–Trinajstić information content (AvgIpc) is 2.52. The second-order valence-corrected chi connectivity index (χ2v) is 5.34. The minimum Gasteiger partial charge on any atom is -0.341 e. The zero-order valence-electron chi connectivity index (χ0n) is 13.6. The molecule has 0 amide bonds. The molecule has 0 saturated carbocycles. The van der Waals surface area contributed by atoms with Crippen LogP contribution in [0.2, 0.25) is 0 Å². The average molecular weight is 282 g/mol. The summed E-state index contributed by atoms with van der Waals surface area (Å²) in [5.41, 5.74) is 5.27. The summed E-state index contributed by atoms with van der Waals surface area (Å²) in [6.07, 6.45) is 1.08. The molecule has 1 unspecified atom stereocenters. The molecule has 0 bridgehead atoms. The van der Waals surface area contributed by atoms with Gasteiger partial charge in [-0.25, -0.2) is 0 Å². The van der Waals surface area contributed by atoms with Crippen LogP contribution in [-0.4, -0.2) is 13.6 Å². The molecule has 0 aromatic heterocycles. The first-order valence-corrected chi connectivity index (χ1v) is 7.82. The number of benzene rings is 2. The van der Waals surface area contributed by atoms with E-state index in [1.807, 2.05) is 7.05 Å². The molecule has 0 heterocycles. The number of nitrogens with zero attached hydrogens (tertiary/aromatic N) is 1. The highest BCUT2D eigenvalue weighted by molar-refractivity contribution is 5.69. The van der Waals surface area contributed by atoms with Crippen LogP contribution in [0.25, 0.3) is 0 Å². The van der Waals surface area contributed by atoms with Gasteiger partial charge in [-0.3, -0.25) is 0 Å². The fourth-order valence-corrected chi connectivity index (χ4v) is 2.94. The number of hydrogen-bond donors (Lipinski definition) is 1. The van der Waals surface area contributed by atoms with Gasteiger partial charge in [0, 0.05) is 24.0 Å². The summed E-state index contributed by atoms with van der Waals surface area (Å²) in [5, 5.41) is 3.43. The van der Waals surface area contributed by atoms with Crippen LogP contribution < -0.4 is 10.2 Å². The Labute approximate surface area is 128 Å². The summed E-state index contributed by atoms with van der Waals surface area (Å²) >= 11 is 0. The Morgan fingerprint density at radius 3 is 2.14 bits per heavy atom. The Morgan fingerprint density at radius 2 is 1.57 bits per heavy atom. The quantitative estimate of drug-likeness (QED) is 0.817. The van der Waals surface area contributed by atoms with Crippen molar-refractivity contribution in [3.63, 3.8) is 0 Å². The summed E-state index contributed by atoms with van der Waals surface area (Å²) in [4.78, 5) is 2.41. The van der Waals surface area contributed by atoms with Gasteiger partial charge in [-0.05, 0) is 50.6 Å². The lowest BCUT2D eigenvalue weighted by Gasteiger charge is -2.29. The Kier molecular flexibility index (Phi) is 5.40. The van der Waals surface area contributed by atoms with E-state index in [0.29, 0.717) is 6.04 Å². The van der Waals surface area contributed by atoms with Crippen LogP contribution in [0, 0.1) is 6.92 Å². The van der Waals surface area contributed by atoms with E-state index in [4.69, 9.17) is 0 Å².